The van der Waals surface area contributed by atoms with Gasteiger partial charge < -0.3 is 4.90 Å². The van der Waals surface area contributed by atoms with E-state index in [0.717, 1.165) is 5.56 Å². The van der Waals surface area contributed by atoms with Gasteiger partial charge in [-0.3, -0.25) is 4.79 Å². The maximum absolute atomic E-state index is 12.2. The van der Waals surface area contributed by atoms with Crippen LogP contribution >= 0.6 is 0 Å². The van der Waals surface area contributed by atoms with Crippen molar-refractivity contribution in [2.45, 2.75) is 37.9 Å². The average molecular weight is 310 g/mol. The van der Waals surface area contributed by atoms with Gasteiger partial charge in [-0.15, -0.1) is 0 Å². The molecule has 1 amide bonds. The first-order valence-corrected chi connectivity index (χ1v) is 8.82. The maximum atomic E-state index is 12.2. The Morgan fingerprint density at radius 3 is 2.86 bits per heavy atom. The number of hydrogen-bond acceptors (Lipinski definition) is 3. The molecule has 5 nitrogen and oxygen atoms in total. The van der Waals surface area contributed by atoms with Gasteiger partial charge in [0, 0.05) is 19.5 Å². The topological polar surface area (TPSA) is 80.5 Å². The van der Waals surface area contributed by atoms with Crippen LogP contribution in [0.25, 0.3) is 0 Å². The molecular formula is C15H22N2O3S. The number of carbonyl (C=O) groups excluding carboxylic acids is 1. The van der Waals surface area contributed by atoms with Crippen LogP contribution in [0.3, 0.4) is 0 Å². The van der Waals surface area contributed by atoms with Crippen molar-refractivity contribution in [2.24, 2.45) is 5.14 Å². The molecule has 1 aromatic carbocycles. The molecule has 1 aromatic rings. The highest BCUT2D eigenvalue weighted by Gasteiger charge is 2.30. The average Bonchev–Trinajstić information content (AvgIpc) is 2.44. The lowest BCUT2D eigenvalue weighted by Gasteiger charge is -2.31. The number of primary sulfonamides is 1. The largest absolute Gasteiger partial charge is 0.341 e. The molecular weight excluding hydrogens is 288 g/mol. The smallest absolute Gasteiger partial charge is 0.222 e. The molecule has 0 radical (unpaired) electrons. The van der Waals surface area contributed by atoms with Gasteiger partial charge >= 0.3 is 0 Å². The number of hydrogen-bond donors (Lipinski definition) is 1. The molecule has 2 N–H and O–H groups in total. The van der Waals surface area contributed by atoms with Crippen molar-refractivity contribution in [3.05, 3.63) is 35.4 Å². The quantitative estimate of drug-likeness (QED) is 0.907. The number of nitrogens with zero attached hydrogens (tertiary/aromatic N) is 1. The second-order valence-electron chi connectivity index (χ2n) is 5.68. The number of nitrogens with two attached hydrogens (primary N) is 1. The van der Waals surface area contributed by atoms with E-state index in [-0.39, 0.29) is 12.5 Å². The molecule has 1 fully saturated rings. The first-order chi connectivity index (χ1) is 9.86. The lowest BCUT2D eigenvalue weighted by molar-refractivity contribution is -0.131. The summed E-state index contributed by atoms with van der Waals surface area (Å²) >= 11 is 0. The number of likely N-dealkylation sites (tertiary alicyclic amines) is 1. The van der Waals surface area contributed by atoms with Crippen molar-refractivity contribution in [1.29, 1.82) is 0 Å². The van der Waals surface area contributed by atoms with E-state index in [2.05, 4.69) is 6.07 Å². The van der Waals surface area contributed by atoms with Crippen molar-refractivity contribution < 1.29 is 13.2 Å². The Bertz CT molecular complexity index is 613. The van der Waals surface area contributed by atoms with Gasteiger partial charge in [-0.25, -0.2) is 13.6 Å². The van der Waals surface area contributed by atoms with Crippen LogP contribution in [0.4, 0.5) is 0 Å². The highest BCUT2D eigenvalue weighted by molar-refractivity contribution is 7.89. The van der Waals surface area contributed by atoms with Crippen molar-refractivity contribution in [3.8, 4) is 0 Å². The molecule has 116 valence electrons. The van der Waals surface area contributed by atoms with E-state index in [1.54, 1.807) is 4.90 Å². The monoisotopic (exact) mass is 310 g/mol. The minimum absolute atomic E-state index is 0.00450. The Labute approximate surface area is 126 Å². The molecule has 1 heterocycles. The van der Waals surface area contributed by atoms with Crippen LogP contribution in [0.2, 0.25) is 0 Å². The number of sulfonamides is 1. The zero-order chi connectivity index (χ0) is 15.5. The third-order valence-electron chi connectivity index (χ3n) is 3.91. The van der Waals surface area contributed by atoms with Crippen LogP contribution in [0.5, 0.6) is 0 Å². The van der Waals surface area contributed by atoms with Crippen LogP contribution in [-0.2, 0) is 21.2 Å². The Balaban J connectivity index is 1.91. The van der Waals surface area contributed by atoms with Crippen LogP contribution in [0.15, 0.2) is 24.3 Å². The van der Waals surface area contributed by atoms with Crippen LogP contribution in [0, 0.1) is 6.92 Å². The molecule has 0 aliphatic carbocycles. The summed E-state index contributed by atoms with van der Waals surface area (Å²) in [4.78, 5) is 13.9. The van der Waals surface area contributed by atoms with Gasteiger partial charge in [0.15, 0.2) is 0 Å². The molecule has 6 heteroatoms. The second-order valence-corrected chi connectivity index (χ2v) is 7.53. The third-order valence-corrected chi connectivity index (χ3v) is 5.22. The Hall–Kier alpha value is -1.40. The number of aryl methyl sites for hydroxylation is 2. The van der Waals surface area contributed by atoms with E-state index in [1.807, 2.05) is 25.1 Å². The van der Waals surface area contributed by atoms with Crippen molar-refractivity contribution in [3.63, 3.8) is 0 Å². The maximum Gasteiger partial charge on any atom is 0.222 e. The molecule has 0 spiro atoms. The Morgan fingerprint density at radius 1 is 1.43 bits per heavy atom. The normalized spacial score (nSPS) is 19.5. The van der Waals surface area contributed by atoms with Crippen molar-refractivity contribution in [2.75, 3.05) is 13.1 Å². The summed E-state index contributed by atoms with van der Waals surface area (Å²) < 4.78 is 22.8. The third kappa shape index (κ3) is 4.54. The summed E-state index contributed by atoms with van der Waals surface area (Å²) in [7, 11) is -3.56. The summed E-state index contributed by atoms with van der Waals surface area (Å²) in [5, 5.41) is 4.57. The summed E-state index contributed by atoms with van der Waals surface area (Å²) in [5.74, 6) is 0.00450. The molecule has 0 aromatic heterocycles. The molecule has 1 saturated heterocycles. The lowest BCUT2D eigenvalue weighted by atomic mass is 10.1. The van der Waals surface area contributed by atoms with Gasteiger partial charge in [0.25, 0.3) is 0 Å². The minimum Gasteiger partial charge on any atom is -0.341 e. The van der Waals surface area contributed by atoms with Crippen LogP contribution in [0.1, 0.15) is 30.4 Å². The first kappa shape index (κ1) is 16.0. The van der Waals surface area contributed by atoms with E-state index < -0.39 is 15.3 Å². The second kappa shape index (κ2) is 6.58. The molecule has 0 saturated carbocycles. The molecule has 21 heavy (non-hydrogen) atoms. The zero-order valence-corrected chi connectivity index (χ0v) is 13.1. The van der Waals surface area contributed by atoms with Crippen LogP contribution < -0.4 is 5.14 Å². The SMILES string of the molecule is Cc1cccc(CCC(=O)N2CCCC(S(N)(=O)=O)C2)c1. The summed E-state index contributed by atoms with van der Waals surface area (Å²) in [6.45, 7) is 2.87. The highest BCUT2D eigenvalue weighted by Crippen LogP contribution is 2.17. The van der Waals surface area contributed by atoms with Crippen molar-refractivity contribution in [1.82, 2.24) is 4.90 Å². The molecule has 1 atom stereocenters. The summed E-state index contributed by atoms with van der Waals surface area (Å²) in [5.41, 5.74) is 2.30. The number of benzene rings is 1. The first-order valence-electron chi connectivity index (χ1n) is 7.21. The van der Waals surface area contributed by atoms with E-state index in [0.29, 0.717) is 32.2 Å². The zero-order valence-electron chi connectivity index (χ0n) is 12.3. The number of carbonyl (C=O) groups is 1. The predicted octanol–water partition coefficient (Wildman–Crippen LogP) is 1.21. The van der Waals surface area contributed by atoms with Gasteiger partial charge in [-0.05, 0) is 31.7 Å². The minimum atomic E-state index is -3.56. The van der Waals surface area contributed by atoms with Gasteiger partial charge in [-0.2, -0.15) is 0 Å². The number of piperidine rings is 1. The molecule has 1 unspecified atom stereocenters. The van der Waals surface area contributed by atoms with Crippen LogP contribution in [-0.4, -0.2) is 37.6 Å². The standard InChI is InChI=1S/C15H22N2O3S/c1-12-4-2-5-13(10-12)7-8-15(18)17-9-3-6-14(11-17)21(16,19)20/h2,4-5,10,14H,3,6-9,11H2,1H3,(H2,16,19,20). The fraction of sp³-hybridized carbons (Fsp3) is 0.533. The van der Waals surface area contributed by atoms with Gasteiger partial charge in [0.1, 0.15) is 0 Å². The number of amides is 1. The van der Waals surface area contributed by atoms with E-state index >= 15 is 0 Å². The number of rotatable bonds is 4. The molecule has 0 bridgehead atoms. The lowest BCUT2D eigenvalue weighted by Crippen LogP contribution is -2.47. The van der Waals surface area contributed by atoms with Gasteiger partial charge in [0.05, 0.1) is 5.25 Å². The van der Waals surface area contributed by atoms with E-state index in [9.17, 15) is 13.2 Å². The van der Waals surface area contributed by atoms with Gasteiger partial charge in [0.2, 0.25) is 15.9 Å². The summed E-state index contributed by atoms with van der Waals surface area (Å²) in [6, 6.07) is 8.07. The predicted molar refractivity (Wildman–Crippen MR) is 82.2 cm³/mol. The Morgan fingerprint density at radius 2 is 2.19 bits per heavy atom. The Kier molecular flexibility index (Phi) is 5.00. The van der Waals surface area contributed by atoms with Crippen molar-refractivity contribution >= 4 is 15.9 Å². The molecule has 1 aliphatic heterocycles. The van der Waals surface area contributed by atoms with E-state index in [1.165, 1.54) is 5.56 Å². The van der Waals surface area contributed by atoms with E-state index in [4.69, 9.17) is 5.14 Å². The molecule has 2 rings (SSSR count). The molecule has 1 aliphatic rings. The summed E-state index contributed by atoms with van der Waals surface area (Å²) in [6.07, 6.45) is 2.32. The highest BCUT2D eigenvalue weighted by atomic mass is 32.2. The fourth-order valence-corrected chi connectivity index (χ4v) is 3.59. The van der Waals surface area contributed by atoms with Gasteiger partial charge in [-0.1, -0.05) is 29.8 Å². The fourth-order valence-electron chi connectivity index (χ4n) is 2.71.